The number of amides is 1. The number of aliphatic carboxylic acids is 1. The van der Waals surface area contributed by atoms with Crippen LogP contribution in [0.5, 0.6) is 0 Å². The lowest BCUT2D eigenvalue weighted by molar-refractivity contribution is -0.129. The molecule has 0 fully saturated rings. The van der Waals surface area contributed by atoms with E-state index < -0.39 is 23.4 Å². The summed E-state index contributed by atoms with van der Waals surface area (Å²) in [6, 6.07) is 0. The molecule has 0 aromatic heterocycles. The fraction of sp³-hybridized carbons (Fsp3) is 0.182. The van der Waals surface area contributed by atoms with Crippen LogP contribution in [0, 0.1) is 5.41 Å². The summed E-state index contributed by atoms with van der Waals surface area (Å²) >= 11 is 0. The molecule has 0 aromatic rings. The van der Waals surface area contributed by atoms with Gasteiger partial charge in [0, 0.05) is 6.08 Å². The molecule has 17 heavy (non-hydrogen) atoms. The third-order valence-corrected chi connectivity index (χ3v) is 1.99. The maximum absolute atomic E-state index is 13.2. The second kappa shape index (κ2) is 5.74. The van der Waals surface area contributed by atoms with Crippen molar-refractivity contribution < 1.29 is 19.1 Å². The van der Waals surface area contributed by atoms with Crippen molar-refractivity contribution in [2.75, 3.05) is 0 Å². The van der Waals surface area contributed by atoms with Gasteiger partial charge in [-0.3, -0.25) is 10.2 Å². The third-order valence-electron chi connectivity index (χ3n) is 1.99. The van der Waals surface area contributed by atoms with Crippen LogP contribution in [0.3, 0.4) is 0 Å². The summed E-state index contributed by atoms with van der Waals surface area (Å²) in [6.07, 6.45) is 5.84. The molecule has 0 heterocycles. The van der Waals surface area contributed by atoms with Crippen molar-refractivity contribution in [2.24, 2.45) is 0 Å². The molecule has 0 spiro atoms. The minimum Gasteiger partial charge on any atom is -0.477 e. The number of carbonyl (C=O) groups excluding carboxylic acids is 1. The van der Waals surface area contributed by atoms with Crippen LogP contribution in [0.15, 0.2) is 35.8 Å². The SMILES string of the molecule is N=C(/C=C\C(=O)NC1=CCCC=C1F)C(=O)O. The number of halogens is 1. The van der Waals surface area contributed by atoms with Gasteiger partial charge in [-0.15, -0.1) is 0 Å². The van der Waals surface area contributed by atoms with Gasteiger partial charge in [0.15, 0.2) is 0 Å². The monoisotopic (exact) mass is 238 g/mol. The Morgan fingerprint density at radius 1 is 1.35 bits per heavy atom. The highest BCUT2D eigenvalue weighted by Gasteiger charge is 2.10. The van der Waals surface area contributed by atoms with Gasteiger partial charge in [-0.25, -0.2) is 9.18 Å². The molecular formula is C11H11FN2O3. The molecule has 1 aliphatic rings. The van der Waals surface area contributed by atoms with Gasteiger partial charge < -0.3 is 10.4 Å². The Morgan fingerprint density at radius 2 is 2.00 bits per heavy atom. The number of carbonyl (C=O) groups is 2. The van der Waals surface area contributed by atoms with Gasteiger partial charge >= 0.3 is 5.97 Å². The predicted octanol–water partition coefficient (Wildman–Crippen LogP) is 1.29. The molecule has 1 amide bonds. The Bertz CT molecular complexity index is 450. The summed E-state index contributed by atoms with van der Waals surface area (Å²) in [5.74, 6) is -2.61. The van der Waals surface area contributed by atoms with E-state index in [1.54, 1.807) is 6.08 Å². The molecule has 0 aliphatic heterocycles. The lowest BCUT2D eigenvalue weighted by Gasteiger charge is -2.09. The lowest BCUT2D eigenvalue weighted by Crippen LogP contribution is -2.22. The summed E-state index contributed by atoms with van der Waals surface area (Å²) in [5.41, 5.74) is -0.637. The van der Waals surface area contributed by atoms with Crippen LogP contribution in [-0.4, -0.2) is 22.7 Å². The molecule has 0 unspecified atom stereocenters. The molecule has 0 saturated heterocycles. The van der Waals surface area contributed by atoms with E-state index in [2.05, 4.69) is 5.32 Å². The summed E-state index contributed by atoms with van der Waals surface area (Å²) < 4.78 is 13.2. The Balaban J connectivity index is 2.56. The fourth-order valence-electron chi connectivity index (χ4n) is 1.16. The summed E-state index contributed by atoms with van der Waals surface area (Å²) in [4.78, 5) is 21.5. The smallest absolute Gasteiger partial charge is 0.353 e. The normalized spacial score (nSPS) is 15.1. The van der Waals surface area contributed by atoms with Crippen molar-refractivity contribution in [3.05, 3.63) is 35.8 Å². The molecule has 0 radical (unpaired) electrons. The Labute approximate surface area is 96.8 Å². The first-order valence-electron chi connectivity index (χ1n) is 4.88. The largest absolute Gasteiger partial charge is 0.477 e. The number of carboxylic acids is 1. The number of nitrogens with one attached hydrogen (secondary N) is 2. The quantitative estimate of drug-likeness (QED) is 0.509. The molecule has 6 heteroatoms. The van der Waals surface area contributed by atoms with Crippen LogP contribution in [0.1, 0.15) is 12.8 Å². The van der Waals surface area contributed by atoms with E-state index in [-0.39, 0.29) is 5.70 Å². The first kappa shape index (κ1) is 12.8. The zero-order valence-corrected chi connectivity index (χ0v) is 8.87. The molecular weight excluding hydrogens is 227 g/mol. The second-order valence-corrected chi connectivity index (χ2v) is 3.29. The van der Waals surface area contributed by atoms with Crippen molar-refractivity contribution in [3.8, 4) is 0 Å². The molecule has 0 bridgehead atoms. The highest BCUT2D eigenvalue weighted by molar-refractivity contribution is 6.39. The van der Waals surface area contributed by atoms with Gasteiger partial charge in [0.25, 0.3) is 0 Å². The minimum absolute atomic E-state index is 0.0766. The number of allylic oxidation sites excluding steroid dienone is 3. The van der Waals surface area contributed by atoms with Gasteiger partial charge in [-0.2, -0.15) is 0 Å². The molecule has 3 N–H and O–H groups in total. The van der Waals surface area contributed by atoms with Crippen LogP contribution in [0.25, 0.3) is 0 Å². The summed E-state index contributed by atoms with van der Waals surface area (Å²) in [6.45, 7) is 0. The van der Waals surface area contributed by atoms with E-state index in [0.717, 1.165) is 12.2 Å². The van der Waals surface area contributed by atoms with Crippen molar-refractivity contribution in [1.29, 1.82) is 5.41 Å². The van der Waals surface area contributed by atoms with E-state index in [0.29, 0.717) is 12.8 Å². The molecule has 0 saturated carbocycles. The van der Waals surface area contributed by atoms with Crippen LogP contribution in [-0.2, 0) is 9.59 Å². The minimum atomic E-state index is -1.43. The van der Waals surface area contributed by atoms with Crippen molar-refractivity contribution in [2.45, 2.75) is 12.8 Å². The van der Waals surface area contributed by atoms with Crippen LogP contribution in [0.4, 0.5) is 4.39 Å². The first-order valence-corrected chi connectivity index (χ1v) is 4.88. The Kier molecular flexibility index (Phi) is 4.33. The number of hydrogen-bond acceptors (Lipinski definition) is 3. The maximum atomic E-state index is 13.2. The lowest BCUT2D eigenvalue weighted by atomic mass is 10.1. The zero-order valence-electron chi connectivity index (χ0n) is 8.87. The fourth-order valence-corrected chi connectivity index (χ4v) is 1.16. The van der Waals surface area contributed by atoms with Gasteiger partial charge in [-0.1, -0.05) is 6.08 Å². The van der Waals surface area contributed by atoms with E-state index in [1.165, 1.54) is 6.08 Å². The van der Waals surface area contributed by atoms with Crippen molar-refractivity contribution in [1.82, 2.24) is 5.32 Å². The number of rotatable bonds is 4. The number of carboxylic acid groups (broad SMARTS) is 1. The number of hydrogen-bond donors (Lipinski definition) is 3. The molecule has 90 valence electrons. The maximum Gasteiger partial charge on any atom is 0.353 e. The van der Waals surface area contributed by atoms with Crippen LogP contribution >= 0.6 is 0 Å². The summed E-state index contributed by atoms with van der Waals surface area (Å²) in [5, 5.41) is 17.6. The molecule has 0 atom stereocenters. The Morgan fingerprint density at radius 3 is 2.59 bits per heavy atom. The molecule has 5 nitrogen and oxygen atoms in total. The molecule has 0 aromatic carbocycles. The van der Waals surface area contributed by atoms with E-state index in [4.69, 9.17) is 10.5 Å². The predicted molar refractivity (Wildman–Crippen MR) is 59.2 cm³/mol. The van der Waals surface area contributed by atoms with E-state index in [9.17, 15) is 14.0 Å². The van der Waals surface area contributed by atoms with Gasteiger partial charge in [0.05, 0.1) is 5.70 Å². The van der Waals surface area contributed by atoms with Crippen LogP contribution < -0.4 is 5.32 Å². The van der Waals surface area contributed by atoms with Gasteiger partial charge in [0.2, 0.25) is 5.91 Å². The van der Waals surface area contributed by atoms with Crippen molar-refractivity contribution in [3.63, 3.8) is 0 Å². The standard InChI is InChI=1S/C11H11FN2O3/c12-7-3-1-2-4-9(7)14-10(15)6-5-8(13)11(16)17/h3-6,13H,1-2H2,(H,14,15)(H,16,17)/b6-5-,13-8?. The van der Waals surface area contributed by atoms with E-state index >= 15 is 0 Å². The van der Waals surface area contributed by atoms with Gasteiger partial charge in [-0.05, 0) is 25.0 Å². The highest BCUT2D eigenvalue weighted by Crippen LogP contribution is 2.16. The molecule has 1 aliphatic carbocycles. The zero-order chi connectivity index (χ0) is 12.8. The third kappa shape index (κ3) is 4.02. The Hall–Kier alpha value is -2.24. The average molecular weight is 238 g/mol. The van der Waals surface area contributed by atoms with Crippen LogP contribution in [0.2, 0.25) is 0 Å². The average Bonchev–Trinajstić information content (AvgIpc) is 2.29. The topological polar surface area (TPSA) is 90.3 Å². The molecule has 1 rings (SSSR count). The highest BCUT2D eigenvalue weighted by atomic mass is 19.1. The van der Waals surface area contributed by atoms with E-state index in [1.807, 2.05) is 0 Å². The van der Waals surface area contributed by atoms with Gasteiger partial charge in [0.1, 0.15) is 11.5 Å². The second-order valence-electron chi connectivity index (χ2n) is 3.29. The summed E-state index contributed by atoms with van der Waals surface area (Å²) in [7, 11) is 0. The van der Waals surface area contributed by atoms with Crippen molar-refractivity contribution >= 4 is 17.6 Å². The first-order chi connectivity index (χ1) is 8.00.